The molecule has 0 aliphatic heterocycles. The summed E-state index contributed by atoms with van der Waals surface area (Å²) in [5.41, 5.74) is 3.73. The molecule has 0 saturated heterocycles. The molecular weight excluding hydrogens is 599 g/mol. The number of ether oxygens (including phenoxy) is 1. The summed E-state index contributed by atoms with van der Waals surface area (Å²) in [6.07, 6.45) is 1.19. The lowest BCUT2D eigenvalue weighted by Gasteiger charge is -2.29. The first-order valence-corrected chi connectivity index (χ1v) is 15.2. The van der Waals surface area contributed by atoms with Crippen LogP contribution in [0, 0.1) is 5.92 Å². The maximum atomic E-state index is 14.0. The number of hydrogen-bond acceptors (Lipinski definition) is 6. The quantitative estimate of drug-likeness (QED) is 0.166. The van der Waals surface area contributed by atoms with E-state index in [9.17, 15) is 22.8 Å². The zero-order valence-corrected chi connectivity index (χ0v) is 25.6. The van der Waals surface area contributed by atoms with Gasteiger partial charge in [-0.25, -0.2) is 4.79 Å². The van der Waals surface area contributed by atoms with E-state index in [0.29, 0.717) is 22.7 Å². The third-order valence-electron chi connectivity index (χ3n) is 8.07. The minimum absolute atomic E-state index is 0.0517. The van der Waals surface area contributed by atoms with Crippen LogP contribution in [0.25, 0.3) is 0 Å². The average molecular weight is 636 g/mol. The largest absolute Gasteiger partial charge is 0.573 e. The highest BCUT2D eigenvalue weighted by Gasteiger charge is 2.31. The van der Waals surface area contributed by atoms with Crippen molar-refractivity contribution in [1.29, 1.82) is 0 Å². The number of rotatable bonds is 10. The Morgan fingerprint density at radius 2 is 1.63 bits per heavy atom. The first-order chi connectivity index (χ1) is 22.1. The van der Waals surface area contributed by atoms with E-state index in [2.05, 4.69) is 48.1 Å². The molecule has 1 aliphatic rings. The summed E-state index contributed by atoms with van der Waals surface area (Å²) in [6.45, 7) is 4.05. The number of carbonyl (C=O) groups excluding carboxylic acids is 2. The number of alkyl halides is 3. The van der Waals surface area contributed by atoms with Crippen LogP contribution >= 0.6 is 0 Å². The summed E-state index contributed by atoms with van der Waals surface area (Å²) in [5.74, 6) is -0.265. The van der Waals surface area contributed by atoms with Crippen molar-refractivity contribution in [2.45, 2.75) is 70.8 Å². The van der Waals surface area contributed by atoms with Crippen molar-refractivity contribution < 1.29 is 27.5 Å². The van der Waals surface area contributed by atoms with Crippen molar-refractivity contribution in [3.63, 3.8) is 0 Å². The van der Waals surface area contributed by atoms with Gasteiger partial charge in [0.05, 0.1) is 12.6 Å². The van der Waals surface area contributed by atoms with Crippen molar-refractivity contribution in [1.82, 2.24) is 25.9 Å². The average Bonchev–Trinajstić information content (AvgIpc) is 3.56. The highest BCUT2D eigenvalue weighted by molar-refractivity contribution is 6.03. The molecule has 1 saturated carbocycles. The predicted octanol–water partition coefficient (Wildman–Crippen LogP) is 7.51. The lowest BCUT2D eigenvalue weighted by molar-refractivity contribution is -0.274. The number of nitrogens with one attached hydrogen (secondary N) is 3. The molecular formula is C33H36F3N7O3. The van der Waals surface area contributed by atoms with Crippen LogP contribution in [0.4, 0.5) is 29.6 Å². The highest BCUT2D eigenvalue weighted by Crippen LogP contribution is 2.34. The molecule has 1 fully saturated rings. The molecule has 0 spiro atoms. The molecule has 1 aromatic heterocycles. The smallest absolute Gasteiger partial charge is 0.406 e. The molecule has 5 rings (SSSR count). The van der Waals surface area contributed by atoms with Gasteiger partial charge in [-0.3, -0.25) is 15.0 Å². The fraction of sp³-hybridized carbons (Fsp3) is 0.364. The standard InChI is InChI=1S/C33H36F3N7O3/c1-21(2)29(25-14-18-28(19-15-25)46-33(34,35)36)37-32(45)43(27-16-12-24(13-17-27)23-6-4-3-5-7-23)20-22-8-10-26(11-9-22)30(44)38-31-39-41-42-40-31/h8-19,21,23,29H,3-7,20H2,1-2H3,(H,37,45)(H2,38,39,40,41,42,44). The van der Waals surface area contributed by atoms with Gasteiger partial charge in [-0.15, -0.1) is 18.3 Å². The molecule has 3 N–H and O–H groups in total. The number of nitrogens with zero attached hydrogens (tertiary/aromatic N) is 4. The van der Waals surface area contributed by atoms with E-state index in [1.54, 1.807) is 29.2 Å². The molecule has 3 amide bonds. The molecule has 0 radical (unpaired) electrons. The van der Waals surface area contributed by atoms with Gasteiger partial charge in [-0.05, 0) is 83.0 Å². The fourth-order valence-electron chi connectivity index (χ4n) is 5.70. The maximum Gasteiger partial charge on any atom is 0.573 e. The van der Waals surface area contributed by atoms with Gasteiger partial charge in [0, 0.05) is 11.3 Å². The number of tetrazole rings is 1. The zero-order valence-electron chi connectivity index (χ0n) is 25.6. The first-order valence-electron chi connectivity index (χ1n) is 15.2. The Morgan fingerprint density at radius 3 is 2.22 bits per heavy atom. The zero-order chi connectivity index (χ0) is 32.7. The normalized spacial score (nSPS) is 14.5. The molecule has 3 aromatic carbocycles. The topological polar surface area (TPSA) is 125 Å². The third kappa shape index (κ3) is 8.61. The first kappa shape index (κ1) is 32.5. The Hall–Kier alpha value is -4.94. The Balaban J connectivity index is 1.37. The monoisotopic (exact) mass is 635 g/mol. The lowest BCUT2D eigenvalue weighted by atomic mass is 9.84. The molecule has 46 heavy (non-hydrogen) atoms. The predicted molar refractivity (Wildman–Crippen MR) is 166 cm³/mol. The third-order valence-corrected chi connectivity index (χ3v) is 8.07. The Bertz CT molecular complexity index is 1570. The lowest BCUT2D eigenvalue weighted by Crippen LogP contribution is -2.42. The molecule has 13 heteroatoms. The van der Waals surface area contributed by atoms with Crippen molar-refractivity contribution in [3.8, 4) is 5.75 Å². The van der Waals surface area contributed by atoms with Gasteiger partial charge in [0.25, 0.3) is 11.9 Å². The number of urea groups is 1. The van der Waals surface area contributed by atoms with Crippen LogP contribution < -0.4 is 20.3 Å². The van der Waals surface area contributed by atoms with E-state index in [0.717, 1.165) is 18.4 Å². The number of amides is 3. The van der Waals surface area contributed by atoms with Crippen LogP contribution in [0.1, 0.15) is 85.0 Å². The summed E-state index contributed by atoms with van der Waals surface area (Å²) < 4.78 is 42.1. The summed E-state index contributed by atoms with van der Waals surface area (Å²) in [7, 11) is 0. The summed E-state index contributed by atoms with van der Waals surface area (Å²) in [6, 6.07) is 19.5. The second-order valence-corrected chi connectivity index (χ2v) is 11.7. The van der Waals surface area contributed by atoms with Crippen LogP contribution in [-0.2, 0) is 6.54 Å². The van der Waals surface area contributed by atoms with Crippen molar-refractivity contribution in [2.24, 2.45) is 5.92 Å². The maximum absolute atomic E-state index is 14.0. The Morgan fingerprint density at radius 1 is 0.957 bits per heavy atom. The van der Waals surface area contributed by atoms with E-state index in [4.69, 9.17) is 0 Å². The minimum Gasteiger partial charge on any atom is -0.406 e. The number of benzene rings is 3. The Labute approximate surface area is 264 Å². The van der Waals surface area contributed by atoms with Gasteiger partial charge in [-0.2, -0.15) is 5.21 Å². The molecule has 1 unspecified atom stereocenters. The summed E-state index contributed by atoms with van der Waals surface area (Å²) in [4.78, 5) is 28.2. The van der Waals surface area contributed by atoms with Gasteiger partial charge >= 0.3 is 12.4 Å². The van der Waals surface area contributed by atoms with Crippen LogP contribution in [0.3, 0.4) is 0 Å². The number of H-pyrrole nitrogens is 1. The second kappa shape index (κ2) is 14.4. The van der Waals surface area contributed by atoms with Gasteiger partial charge < -0.3 is 10.1 Å². The van der Waals surface area contributed by atoms with E-state index in [1.807, 2.05) is 26.0 Å². The number of halogens is 3. The van der Waals surface area contributed by atoms with Crippen LogP contribution in [-0.4, -0.2) is 38.9 Å². The SMILES string of the molecule is CC(C)C(NC(=O)N(Cc1ccc(C(=O)Nc2nn[nH]n2)cc1)c1ccc(C2CCCCC2)cc1)c1ccc(OC(F)(F)F)cc1. The highest BCUT2D eigenvalue weighted by atomic mass is 19.4. The van der Waals surface area contributed by atoms with Gasteiger partial charge in [0.1, 0.15) is 5.75 Å². The molecule has 1 atom stereocenters. The van der Waals surface area contributed by atoms with Gasteiger partial charge in [-0.1, -0.05) is 74.6 Å². The molecule has 4 aromatic rings. The van der Waals surface area contributed by atoms with Gasteiger partial charge in [0.2, 0.25) is 0 Å². The van der Waals surface area contributed by atoms with E-state index >= 15 is 0 Å². The van der Waals surface area contributed by atoms with Gasteiger partial charge in [0.15, 0.2) is 0 Å². The number of hydrogen-bond donors (Lipinski definition) is 3. The van der Waals surface area contributed by atoms with Crippen LogP contribution in [0.2, 0.25) is 0 Å². The van der Waals surface area contributed by atoms with E-state index in [-0.39, 0.29) is 30.2 Å². The van der Waals surface area contributed by atoms with Crippen molar-refractivity contribution >= 4 is 23.6 Å². The summed E-state index contributed by atoms with van der Waals surface area (Å²) in [5, 5.41) is 18.8. The number of aromatic amines is 1. The second-order valence-electron chi connectivity index (χ2n) is 11.7. The number of aromatic nitrogens is 4. The number of anilines is 2. The fourth-order valence-corrected chi connectivity index (χ4v) is 5.70. The Kier molecular flexibility index (Phi) is 10.2. The minimum atomic E-state index is -4.80. The van der Waals surface area contributed by atoms with E-state index in [1.165, 1.54) is 49.1 Å². The molecule has 242 valence electrons. The molecule has 0 bridgehead atoms. The van der Waals surface area contributed by atoms with Crippen molar-refractivity contribution in [2.75, 3.05) is 10.2 Å². The molecule has 1 aliphatic carbocycles. The summed E-state index contributed by atoms with van der Waals surface area (Å²) >= 11 is 0. The van der Waals surface area contributed by atoms with Crippen molar-refractivity contribution in [3.05, 3.63) is 95.1 Å². The molecule has 1 heterocycles. The van der Waals surface area contributed by atoms with Crippen LogP contribution in [0.15, 0.2) is 72.8 Å². The molecule has 10 nitrogen and oxygen atoms in total. The van der Waals surface area contributed by atoms with E-state index < -0.39 is 18.3 Å². The number of carbonyl (C=O) groups is 2. The van der Waals surface area contributed by atoms with Crippen LogP contribution in [0.5, 0.6) is 5.75 Å².